The molecule has 1 aromatic carbocycles. The summed E-state index contributed by atoms with van der Waals surface area (Å²) in [5.74, 6) is -1.10. The van der Waals surface area contributed by atoms with Crippen molar-refractivity contribution in [2.75, 3.05) is 29.9 Å². The molecule has 3 N–H and O–H groups in total. The van der Waals surface area contributed by atoms with E-state index < -0.39 is 17.6 Å². The van der Waals surface area contributed by atoms with Crippen molar-refractivity contribution in [1.82, 2.24) is 14.7 Å². The smallest absolute Gasteiger partial charge is 0.337 e. The summed E-state index contributed by atoms with van der Waals surface area (Å²) in [6.07, 6.45) is 1.61. The Morgan fingerprint density at radius 2 is 2.09 bits per heavy atom. The lowest BCUT2D eigenvalue weighted by molar-refractivity contribution is -0.120. The summed E-state index contributed by atoms with van der Waals surface area (Å²) in [5.41, 5.74) is 1.66. The maximum absolute atomic E-state index is 13.2. The monoisotopic (exact) mass is 446 g/mol. The van der Waals surface area contributed by atoms with Gasteiger partial charge in [0.05, 0.1) is 18.2 Å². The lowest BCUT2D eigenvalue weighted by Gasteiger charge is -2.28. The van der Waals surface area contributed by atoms with Crippen LogP contribution in [0.2, 0.25) is 0 Å². The standard InChI is InChI=1S/C23H22N6O4/c1-13-9-16(14(2)26-18-6-4-3-5-15(18)23(32)33)21-27-20(28-8-7-25-19(30)12-28)17(10-24)22(31)29(21)11-13/h3-6,9,11,14,26H,7-8,12H2,1-2H3,(H,25,30)(H,32,33). The van der Waals surface area contributed by atoms with Gasteiger partial charge in [-0.2, -0.15) is 5.26 Å². The first-order chi connectivity index (χ1) is 15.8. The normalized spacial score (nSPS) is 14.5. The summed E-state index contributed by atoms with van der Waals surface area (Å²) < 4.78 is 1.33. The third-order valence-electron chi connectivity index (χ3n) is 5.52. The summed E-state index contributed by atoms with van der Waals surface area (Å²) in [7, 11) is 0. The van der Waals surface area contributed by atoms with Gasteiger partial charge < -0.3 is 20.6 Å². The molecule has 1 amide bonds. The number of aromatic carboxylic acids is 1. The van der Waals surface area contributed by atoms with Crippen molar-refractivity contribution in [2.45, 2.75) is 19.9 Å². The summed E-state index contributed by atoms with van der Waals surface area (Å²) in [4.78, 5) is 43.0. The Morgan fingerprint density at radius 1 is 1.33 bits per heavy atom. The Hall–Kier alpha value is -4.39. The summed E-state index contributed by atoms with van der Waals surface area (Å²) >= 11 is 0. The van der Waals surface area contributed by atoms with Gasteiger partial charge in [0, 0.05) is 30.5 Å². The molecule has 0 aliphatic carbocycles. The van der Waals surface area contributed by atoms with E-state index in [0.717, 1.165) is 5.56 Å². The lowest BCUT2D eigenvalue weighted by Crippen LogP contribution is -2.48. The molecule has 0 bridgehead atoms. The van der Waals surface area contributed by atoms with Crippen molar-refractivity contribution < 1.29 is 14.7 Å². The highest BCUT2D eigenvalue weighted by molar-refractivity contribution is 5.94. The van der Waals surface area contributed by atoms with Crippen molar-refractivity contribution in [2.24, 2.45) is 0 Å². The van der Waals surface area contributed by atoms with Gasteiger partial charge in [0.25, 0.3) is 5.56 Å². The molecule has 1 unspecified atom stereocenters. The number of nitrogens with zero attached hydrogens (tertiary/aromatic N) is 4. The highest BCUT2D eigenvalue weighted by Gasteiger charge is 2.25. The van der Waals surface area contributed by atoms with Gasteiger partial charge in [-0.05, 0) is 37.6 Å². The van der Waals surface area contributed by atoms with Crippen molar-refractivity contribution in [3.05, 3.63) is 69.1 Å². The van der Waals surface area contributed by atoms with E-state index in [1.165, 1.54) is 10.5 Å². The SMILES string of the molecule is Cc1cc(C(C)Nc2ccccc2C(=O)O)c2nc(N3CCNC(=O)C3)c(C#N)c(=O)n2c1. The molecule has 10 heteroatoms. The summed E-state index contributed by atoms with van der Waals surface area (Å²) in [5, 5.41) is 25.1. The van der Waals surface area contributed by atoms with Crippen molar-refractivity contribution in [3.8, 4) is 6.07 Å². The first-order valence-corrected chi connectivity index (χ1v) is 10.4. The van der Waals surface area contributed by atoms with Gasteiger partial charge in [0.15, 0.2) is 11.4 Å². The van der Waals surface area contributed by atoms with Crippen LogP contribution in [0.5, 0.6) is 0 Å². The highest BCUT2D eigenvalue weighted by atomic mass is 16.4. The zero-order valence-corrected chi connectivity index (χ0v) is 18.1. The maximum atomic E-state index is 13.2. The molecular formula is C23H22N6O4. The van der Waals surface area contributed by atoms with Crippen LogP contribution < -0.4 is 21.1 Å². The zero-order valence-electron chi connectivity index (χ0n) is 18.1. The fourth-order valence-corrected chi connectivity index (χ4v) is 3.97. The first-order valence-electron chi connectivity index (χ1n) is 10.4. The van der Waals surface area contributed by atoms with Crippen LogP contribution in [0, 0.1) is 18.3 Å². The van der Waals surface area contributed by atoms with Gasteiger partial charge in [0.1, 0.15) is 11.7 Å². The third-order valence-corrected chi connectivity index (χ3v) is 5.52. The number of benzene rings is 1. The van der Waals surface area contributed by atoms with E-state index in [-0.39, 0.29) is 29.4 Å². The minimum Gasteiger partial charge on any atom is -0.478 e. The number of carboxylic acids is 1. The van der Waals surface area contributed by atoms with Gasteiger partial charge >= 0.3 is 5.97 Å². The second-order valence-electron chi connectivity index (χ2n) is 7.88. The molecule has 3 aromatic rings. The van der Waals surface area contributed by atoms with Gasteiger partial charge in [-0.1, -0.05) is 12.1 Å². The number of rotatable bonds is 5. The number of aryl methyl sites for hydroxylation is 1. The molecule has 33 heavy (non-hydrogen) atoms. The molecule has 0 radical (unpaired) electrons. The minimum absolute atomic E-state index is 0.00171. The number of nitriles is 1. The number of carboxylic acid groups (broad SMARTS) is 1. The Kier molecular flexibility index (Phi) is 5.70. The average Bonchev–Trinajstić information content (AvgIpc) is 2.79. The number of fused-ring (bicyclic) bond motifs is 1. The van der Waals surface area contributed by atoms with E-state index in [1.807, 2.05) is 26.0 Å². The second-order valence-corrected chi connectivity index (χ2v) is 7.88. The maximum Gasteiger partial charge on any atom is 0.337 e. The molecule has 168 valence electrons. The quantitative estimate of drug-likeness (QED) is 0.538. The first kappa shape index (κ1) is 21.8. The molecule has 3 heterocycles. The largest absolute Gasteiger partial charge is 0.478 e. The molecule has 1 atom stereocenters. The van der Waals surface area contributed by atoms with Gasteiger partial charge in [0.2, 0.25) is 5.91 Å². The number of aromatic nitrogens is 2. The molecular weight excluding hydrogens is 424 g/mol. The molecule has 1 fully saturated rings. The van der Waals surface area contributed by atoms with Crippen LogP contribution in [0.3, 0.4) is 0 Å². The van der Waals surface area contributed by atoms with Crippen LogP contribution in [0.4, 0.5) is 11.5 Å². The second kappa shape index (κ2) is 8.63. The van der Waals surface area contributed by atoms with E-state index in [1.54, 1.807) is 29.3 Å². The highest BCUT2D eigenvalue weighted by Crippen LogP contribution is 2.27. The number of carbonyl (C=O) groups is 2. The number of carbonyl (C=O) groups excluding carboxylic acids is 1. The molecule has 0 saturated carbocycles. The number of pyridine rings is 1. The fourth-order valence-electron chi connectivity index (χ4n) is 3.97. The van der Waals surface area contributed by atoms with Crippen LogP contribution in [0.15, 0.2) is 41.3 Å². The molecule has 0 spiro atoms. The van der Waals surface area contributed by atoms with E-state index in [9.17, 15) is 24.8 Å². The van der Waals surface area contributed by atoms with Crippen molar-refractivity contribution in [1.29, 1.82) is 5.26 Å². The number of hydrogen-bond donors (Lipinski definition) is 3. The number of nitrogens with one attached hydrogen (secondary N) is 2. The van der Waals surface area contributed by atoms with Crippen LogP contribution in [-0.2, 0) is 4.79 Å². The van der Waals surface area contributed by atoms with Crippen LogP contribution in [-0.4, -0.2) is 46.0 Å². The Labute approximate surface area is 189 Å². The predicted molar refractivity (Wildman–Crippen MR) is 122 cm³/mol. The predicted octanol–water partition coefficient (Wildman–Crippen LogP) is 1.68. The molecule has 1 saturated heterocycles. The van der Waals surface area contributed by atoms with Crippen LogP contribution >= 0.6 is 0 Å². The van der Waals surface area contributed by atoms with Gasteiger partial charge in [-0.15, -0.1) is 0 Å². The van der Waals surface area contributed by atoms with Crippen molar-refractivity contribution >= 4 is 29.0 Å². The van der Waals surface area contributed by atoms with E-state index >= 15 is 0 Å². The fraction of sp³-hybridized carbons (Fsp3) is 0.261. The topological polar surface area (TPSA) is 140 Å². The zero-order chi connectivity index (χ0) is 23.7. The molecule has 2 aromatic heterocycles. The number of amides is 1. The minimum atomic E-state index is -1.06. The number of para-hydroxylation sites is 1. The van der Waals surface area contributed by atoms with Gasteiger partial charge in [-0.3, -0.25) is 14.0 Å². The Morgan fingerprint density at radius 3 is 2.79 bits per heavy atom. The number of piperazine rings is 1. The summed E-state index contributed by atoms with van der Waals surface area (Å²) in [6, 6.07) is 9.95. The van der Waals surface area contributed by atoms with Crippen LogP contribution in [0.25, 0.3) is 5.65 Å². The van der Waals surface area contributed by atoms with E-state index in [4.69, 9.17) is 0 Å². The number of hydrogen-bond acceptors (Lipinski definition) is 7. The lowest BCUT2D eigenvalue weighted by atomic mass is 10.1. The molecule has 1 aliphatic heterocycles. The summed E-state index contributed by atoms with van der Waals surface area (Å²) in [6.45, 7) is 4.46. The third kappa shape index (κ3) is 4.08. The van der Waals surface area contributed by atoms with Crippen LogP contribution in [0.1, 0.15) is 40.0 Å². The van der Waals surface area contributed by atoms with E-state index in [2.05, 4.69) is 15.6 Å². The van der Waals surface area contributed by atoms with E-state index in [0.29, 0.717) is 30.0 Å². The Bertz CT molecular complexity index is 1370. The van der Waals surface area contributed by atoms with Crippen molar-refractivity contribution in [3.63, 3.8) is 0 Å². The average molecular weight is 446 g/mol. The molecule has 4 rings (SSSR count). The Balaban J connectivity index is 1.87. The number of anilines is 2. The van der Waals surface area contributed by atoms with Gasteiger partial charge in [-0.25, -0.2) is 9.78 Å². The molecule has 10 nitrogen and oxygen atoms in total. The molecule has 1 aliphatic rings.